The Balaban J connectivity index is 1.45. The monoisotopic (exact) mass is 441 g/mol. The minimum absolute atomic E-state index is 0.220. The fourth-order valence-corrected chi connectivity index (χ4v) is 4.08. The normalized spacial score (nSPS) is 13.0. The molecule has 0 fully saturated rings. The maximum absolute atomic E-state index is 13.3. The van der Waals surface area contributed by atoms with Crippen molar-refractivity contribution in [3.05, 3.63) is 86.8 Å². The van der Waals surface area contributed by atoms with Gasteiger partial charge in [-0.05, 0) is 42.8 Å². The van der Waals surface area contributed by atoms with E-state index in [1.165, 1.54) is 4.57 Å². The van der Waals surface area contributed by atoms with Gasteiger partial charge >= 0.3 is 0 Å². The molecule has 1 N–H and O–H groups in total. The van der Waals surface area contributed by atoms with Crippen molar-refractivity contribution in [2.75, 3.05) is 13.2 Å². The van der Waals surface area contributed by atoms with E-state index < -0.39 is 0 Å². The molecule has 0 unspecified atom stereocenters. The molecule has 6 rings (SSSR count). The number of pyridine rings is 3. The maximum Gasteiger partial charge on any atom is 0.265 e. The van der Waals surface area contributed by atoms with Crippen LogP contribution < -0.4 is 20.6 Å². The van der Waals surface area contributed by atoms with Gasteiger partial charge in [-0.3, -0.25) is 19.3 Å². The first-order chi connectivity index (χ1) is 16.1. The fourth-order valence-electron chi connectivity index (χ4n) is 4.08. The van der Waals surface area contributed by atoms with E-state index in [1.54, 1.807) is 41.2 Å². The van der Waals surface area contributed by atoms with Crippen molar-refractivity contribution in [2.24, 2.45) is 0 Å². The molecule has 1 aliphatic heterocycles. The van der Waals surface area contributed by atoms with Gasteiger partial charge in [0.2, 0.25) is 0 Å². The van der Waals surface area contributed by atoms with E-state index in [2.05, 4.69) is 15.2 Å². The molecule has 33 heavy (non-hydrogen) atoms. The second-order valence-electron chi connectivity index (χ2n) is 7.98. The summed E-state index contributed by atoms with van der Waals surface area (Å²) in [6, 6.07) is 12.6. The number of benzene rings is 1. The van der Waals surface area contributed by atoms with Crippen LogP contribution in [0.25, 0.3) is 27.6 Å². The highest BCUT2D eigenvalue weighted by molar-refractivity contribution is 5.91. The first-order valence-corrected chi connectivity index (χ1v) is 10.5. The average Bonchev–Trinajstić information content (AvgIpc) is 3.26. The number of rotatable bonds is 3. The number of hydrogen-bond donors (Lipinski definition) is 1. The van der Waals surface area contributed by atoms with E-state index in [0.29, 0.717) is 58.9 Å². The van der Waals surface area contributed by atoms with Gasteiger partial charge in [0, 0.05) is 24.2 Å². The highest BCUT2D eigenvalue weighted by Crippen LogP contribution is 2.31. The summed E-state index contributed by atoms with van der Waals surface area (Å²) in [7, 11) is 0. The van der Waals surface area contributed by atoms with Gasteiger partial charge in [0.15, 0.2) is 17.3 Å². The zero-order valence-corrected chi connectivity index (χ0v) is 17.7. The third-order valence-electron chi connectivity index (χ3n) is 5.71. The van der Waals surface area contributed by atoms with E-state index in [-0.39, 0.29) is 11.1 Å². The largest absolute Gasteiger partial charge is 0.486 e. The van der Waals surface area contributed by atoms with Crippen LogP contribution in [0, 0.1) is 6.92 Å². The van der Waals surface area contributed by atoms with Gasteiger partial charge in [-0.25, -0.2) is 4.98 Å². The summed E-state index contributed by atoms with van der Waals surface area (Å²) in [4.78, 5) is 31.0. The lowest BCUT2D eigenvalue weighted by Crippen LogP contribution is -2.22. The molecule has 0 spiro atoms. The topological polar surface area (TPSA) is 104 Å². The van der Waals surface area contributed by atoms with Crippen LogP contribution >= 0.6 is 0 Å². The Morgan fingerprint density at radius 1 is 0.909 bits per heavy atom. The standard InChI is InChI=1S/C24H19N5O4/c1-14-10-22(27-26-14)29-7-5-19-17(24(29)31)12-16-18(25-19)4-6-28(23(16)30)13-15-2-3-20-21(11-15)33-9-8-32-20/h2-7,10-12H,8-9,13H2,1H3,(H,26,27). The summed E-state index contributed by atoms with van der Waals surface area (Å²) < 4.78 is 14.2. The zero-order chi connectivity index (χ0) is 22.5. The molecule has 5 aromatic rings. The third kappa shape index (κ3) is 3.25. The molecule has 9 nitrogen and oxygen atoms in total. The van der Waals surface area contributed by atoms with Crippen LogP contribution in [-0.4, -0.2) is 37.5 Å². The highest BCUT2D eigenvalue weighted by Gasteiger charge is 2.14. The molecule has 4 aromatic heterocycles. The van der Waals surface area contributed by atoms with E-state index in [4.69, 9.17) is 9.47 Å². The molecule has 0 amide bonds. The quantitative estimate of drug-likeness (QED) is 0.432. The van der Waals surface area contributed by atoms with Crippen molar-refractivity contribution in [2.45, 2.75) is 13.5 Å². The Hall–Kier alpha value is -4.40. The molecular weight excluding hydrogens is 422 g/mol. The van der Waals surface area contributed by atoms with E-state index in [9.17, 15) is 9.59 Å². The Morgan fingerprint density at radius 2 is 1.67 bits per heavy atom. The average molecular weight is 441 g/mol. The predicted molar refractivity (Wildman–Crippen MR) is 123 cm³/mol. The van der Waals surface area contributed by atoms with Gasteiger partial charge in [0.1, 0.15) is 13.2 Å². The highest BCUT2D eigenvalue weighted by atomic mass is 16.6. The molecule has 0 aliphatic carbocycles. The van der Waals surface area contributed by atoms with E-state index in [0.717, 1.165) is 11.3 Å². The molecule has 5 heterocycles. The molecule has 0 bridgehead atoms. The SMILES string of the molecule is Cc1cc(-n2ccc3nc4ccn(Cc5ccc6c(c5)OCCO6)c(=O)c4cc3c2=O)n[nH]1. The summed E-state index contributed by atoms with van der Waals surface area (Å²) in [5, 5.41) is 7.74. The molecule has 164 valence electrons. The van der Waals surface area contributed by atoms with Crippen molar-refractivity contribution in [1.82, 2.24) is 24.3 Å². The minimum atomic E-state index is -0.282. The number of nitrogens with one attached hydrogen (secondary N) is 1. The van der Waals surface area contributed by atoms with E-state index >= 15 is 0 Å². The van der Waals surface area contributed by atoms with Crippen LogP contribution in [0.2, 0.25) is 0 Å². The van der Waals surface area contributed by atoms with Crippen LogP contribution in [0.4, 0.5) is 0 Å². The number of ether oxygens (including phenoxy) is 2. The lowest BCUT2D eigenvalue weighted by Gasteiger charge is -2.19. The number of aromatic nitrogens is 5. The van der Waals surface area contributed by atoms with Crippen LogP contribution in [0.3, 0.4) is 0 Å². The second-order valence-corrected chi connectivity index (χ2v) is 7.98. The molecular formula is C24H19N5O4. The number of aromatic amines is 1. The molecule has 0 atom stereocenters. The summed E-state index contributed by atoms with van der Waals surface area (Å²) in [5.41, 5.74) is 2.32. The molecule has 0 saturated heterocycles. The first kappa shape index (κ1) is 19.3. The van der Waals surface area contributed by atoms with Crippen molar-refractivity contribution in [3.8, 4) is 17.3 Å². The van der Waals surface area contributed by atoms with E-state index in [1.807, 2.05) is 25.1 Å². The van der Waals surface area contributed by atoms with Crippen molar-refractivity contribution >= 4 is 21.8 Å². The first-order valence-electron chi connectivity index (χ1n) is 10.5. The third-order valence-corrected chi connectivity index (χ3v) is 5.71. The predicted octanol–water partition coefficient (Wildman–Crippen LogP) is 2.55. The van der Waals surface area contributed by atoms with Gasteiger partial charge in [-0.15, -0.1) is 0 Å². The lowest BCUT2D eigenvalue weighted by atomic mass is 10.1. The second kappa shape index (κ2) is 7.33. The fraction of sp³-hybridized carbons (Fsp3) is 0.167. The Labute approximate surface area is 186 Å². The summed E-state index contributed by atoms with van der Waals surface area (Å²) in [6.45, 7) is 3.25. The van der Waals surface area contributed by atoms with Crippen molar-refractivity contribution in [3.63, 3.8) is 0 Å². The molecule has 1 aromatic carbocycles. The summed E-state index contributed by atoms with van der Waals surface area (Å²) >= 11 is 0. The molecule has 1 aliphatic rings. The zero-order valence-electron chi connectivity index (χ0n) is 17.7. The maximum atomic E-state index is 13.3. The van der Waals surface area contributed by atoms with Crippen LogP contribution in [-0.2, 0) is 6.54 Å². The van der Waals surface area contributed by atoms with Crippen LogP contribution in [0.15, 0.2) is 64.4 Å². The smallest absolute Gasteiger partial charge is 0.265 e. The lowest BCUT2D eigenvalue weighted by molar-refractivity contribution is 0.171. The minimum Gasteiger partial charge on any atom is -0.486 e. The van der Waals surface area contributed by atoms with Crippen molar-refractivity contribution < 1.29 is 9.47 Å². The van der Waals surface area contributed by atoms with Gasteiger partial charge in [-0.2, -0.15) is 5.10 Å². The Morgan fingerprint density at radius 3 is 2.45 bits per heavy atom. The number of hydrogen-bond acceptors (Lipinski definition) is 6. The van der Waals surface area contributed by atoms with Crippen molar-refractivity contribution in [1.29, 1.82) is 0 Å². The Bertz CT molecular complexity index is 1660. The van der Waals surface area contributed by atoms with Gasteiger partial charge < -0.3 is 14.0 Å². The summed E-state index contributed by atoms with van der Waals surface area (Å²) in [5.74, 6) is 1.87. The van der Waals surface area contributed by atoms with Gasteiger partial charge in [0.05, 0.1) is 28.4 Å². The molecule has 0 saturated carbocycles. The molecule has 0 radical (unpaired) electrons. The Kier molecular flexibility index (Phi) is 4.29. The number of aryl methyl sites for hydroxylation is 1. The van der Waals surface area contributed by atoms with Gasteiger partial charge in [0.25, 0.3) is 11.1 Å². The summed E-state index contributed by atoms with van der Waals surface area (Å²) in [6.07, 6.45) is 3.36. The number of nitrogens with zero attached hydrogens (tertiary/aromatic N) is 4. The number of fused-ring (bicyclic) bond motifs is 3. The number of H-pyrrole nitrogens is 1. The molecule has 9 heteroatoms. The van der Waals surface area contributed by atoms with Gasteiger partial charge in [-0.1, -0.05) is 6.07 Å². The van der Waals surface area contributed by atoms with Crippen LogP contribution in [0.5, 0.6) is 11.5 Å². The van der Waals surface area contributed by atoms with Crippen LogP contribution in [0.1, 0.15) is 11.3 Å².